The summed E-state index contributed by atoms with van der Waals surface area (Å²) in [6, 6.07) is 0. The lowest BCUT2D eigenvalue weighted by molar-refractivity contribution is 1.18. The van der Waals surface area contributed by atoms with Crippen molar-refractivity contribution in [3.05, 3.63) is 24.8 Å². The lowest BCUT2D eigenvalue weighted by atomic mass is 10.4. The van der Waals surface area contributed by atoms with Gasteiger partial charge in [-0.25, -0.2) is 0 Å². The highest BCUT2D eigenvalue weighted by atomic mass is 31.1. The Balaban J connectivity index is 3.86. The van der Waals surface area contributed by atoms with Gasteiger partial charge in [0.2, 0.25) is 0 Å². The van der Waals surface area contributed by atoms with Gasteiger partial charge in [0, 0.05) is 0 Å². The van der Waals surface area contributed by atoms with Crippen LogP contribution in [0.25, 0.3) is 0 Å². The molecule has 11 heavy (non-hydrogen) atoms. The predicted molar refractivity (Wildman–Crippen MR) is 56.8 cm³/mol. The first kappa shape index (κ1) is 10.9. The van der Waals surface area contributed by atoms with Crippen LogP contribution in [0.1, 0.15) is 20.8 Å². The Hall–Kier alpha value is -0.0900. The van der Waals surface area contributed by atoms with E-state index in [1.807, 2.05) is 6.08 Å². The monoisotopic (exact) mass is 170 g/mol. The van der Waals surface area contributed by atoms with Gasteiger partial charge in [-0.2, -0.15) is 0 Å². The molecule has 0 nitrogen and oxygen atoms in total. The molecule has 1 atom stereocenters. The van der Waals surface area contributed by atoms with Gasteiger partial charge >= 0.3 is 0 Å². The van der Waals surface area contributed by atoms with Crippen LogP contribution in [0.3, 0.4) is 0 Å². The molecule has 0 aliphatic heterocycles. The third-order valence-electron chi connectivity index (χ3n) is 1.91. The second-order valence-corrected chi connectivity index (χ2v) is 5.84. The minimum Gasteiger partial charge on any atom is -0.100 e. The summed E-state index contributed by atoms with van der Waals surface area (Å²) >= 11 is 0. The predicted octanol–water partition coefficient (Wildman–Crippen LogP) is 3.64. The van der Waals surface area contributed by atoms with E-state index in [0.717, 1.165) is 5.66 Å². The molecule has 0 saturated carbocycles. The van der Waals surface area contributed by atoms with Crippen LogP contribution in [-0.4, -0.2) is 18.0 Å². The Morgan fingerprint density at radius 3 is 2.27 bits per heavy atom. The second-order valence-electron chi connectivity index (χ2n) is 2.58. The fourth-order valence-electron chi connectivity index (χ4n) is 1.16. The number of hydrogen-bond acceptors (Lipinski definition) is 0. The topological polar surface area (TPSA) is 0 Å². The molecule has 0 N–H and O–H groups in total. The van der Waals surface area contributed by atoms with Gasteiger partial charge in [-0.3, -0.25) is 0 Å². The Morgan fingerprint density at radius 2 is 1.91 bits per heavy atom. The fourth-order valence-corrected chi connectivity index (χ4v) is 3.10. The molecule has 1 unspecified atom stereocenters. The Labute approximate surface area is 72.1 Å². The van der Waals surface area contributed by atoms with Crippen molar-refractivity contribution in [2.24, 2.45) is 0 Å². The quantitative estimate of drug-likeness (QED) is 0.436. The van der Waals surface area contributed by atoms with Crippen LogP contribution < -0.4 is 0 Å². The summed E-state index contributed by atoms with van der Waals surface area (Å²) in [5, 5.41) is 0. The average molecular weight is 170 g/mol. The highest BCUT2D eigenvalue weighted by Crippen LogP contribution is 2.40. The standard InChI is InChI=1S/C10H19P/c1-5-8-9-10(4)11(6-2)7-3/h5,8-10H,1,6-7H2,2-4H3/b9-8+. The molecule has 0 aromatic rings. The highest BCUT2D eigenvalue weighted by molar-refractivity contribution is 7.58. The van der Waals surface area contributed by atoms with E-state index >= 15 is 0 Å². The normalized spacial score (nSPS) is 14.2. The molecule has 0 bridgehead atoms. The number of hydrogen-bond donors (Lipinski definition) is 0. The number of rotatable bonds is 5. The van der Waals surface area contributed by atoms with Crippen molar-refractivity contribution in [1.29, 1.82) is 0 Å². The van der Waals surface area contributed by atoms with Gasteiger partial charge in [0.15, 0.2) is 0 Å². The zero-order valence-electron chi connectivity index (χ0n) is 7.88. The van der Waals surface area contributed by atoms with Gasteiger partial charge in [-0.05, 0) is 18.0 Å². The molecular formula is C10H19P. The maximum Gasteiger partial charge on any atom is -0.00550 e. The zero-order valence-corrected chi connectivity index (χ0v) is 8.77. The summed E-state index contributed by atoms with van der Waals surface area (Å²) < 4.78 is 0. The van der Waals surface area contributed by atoms with Gasteiger partial charge in [0.05, 0.1) is 0 Å². The summed E-state index contributed by atoms with van der Waals surface area (Å²) in [6.07, 6.45) is 8.87. The molecule has 0 aliphatic carbocycles. The SMILES string of the molecule is C=C/C=C/C(C)P(CC)CC. The first-order valence-corrected chi connectivity index (χ1v) is 6.07. The van der Waals surface area contributed by atoms with Crippen molar-refractivity contribution in [1.82, 2.24) is 0 Å². The molecule has 0 aromatic heterocycles. The lowest BCUT2D eigenvalue weighted by Gasteiger charge is -2.18. The summed E-state index contributed by atoms with van der Waals surface area (Å²) in [6.45, 7) is 10.5. The molecule has 64 valence electrons. The van der Waals surface area contributed by atoms with Crippen LogP contribution in [0.15, 0.2) is 24.8 Å². The zero-order chi connectivity index (χ0) is 8.69. The molecule has 1 heteroatoms. The van der Waals surface area contributed by atoms with Crippen LogP contribution >= 0.6 is 7.92 Å². The highest BCUT2D eigenvalue weighted by Gasteiger charge is 2.07. The van der Waals surface area contributed by atoms with Crippen molar-refractivity contribution in [2.45, 2.75) is 26.4 Å². The van der Waals surface area contributed by atoms with Gasteiger partial charge in [0.25, 0.3) is 0 Å². The van der Waals surface area contributed by atoms with Gasteiger partial charge in [-0.1, -0.05) is 45.6 Å². The van der Waals surface area contributed by atoms with E-state index in [2.05, 4.69) is 39.5 Å². The van der Waals surface area contributed by atoms with E-state index < -0.39 is 0 Å². The Kier molecular flexibility index (Phi) is 6.56. The van der Waals surface area contributed by atoms with Crippen LogP contribution in [0, 0.1) is 0 Å². The Morgan fingerprint density at radius 1 is 1.36 bits per heavy atom. The molecule has 0 aromatic carbocycles. The molecule has 0 fully saturated rings. The second kappa shape index (κ2) is 6.61. The molecule has 0 aliphatic rings. The largest absolute Gasteiger partial charge is 0.100 e. The van der Waals surface area contributed by atoms with E-state index in [0.29, 0.717) is 0 Å². The maximum atomic E-state index is 3.66. The van der Waals surface area contributed by atoms with Crippen molar-refractivity contribution in [3.8, 4) is 0 Å². The van der Waals surface area contributed by atoms with Crippen molar-refractivity contribution in [3.63, 3.8) is 0 Å². The van der Waals surface area contributed by atoms with Crippen LogP contribution in [0.2, 0.25) is 0 Å². The van der Waals surface area contributed by atoms with Crippen molar-refractivity contribution in [2.75, 3.05) is 12.3 Å². The van der Waals surface area contributed by atoms with Gasteiger partial charge < -0.3 is 0 Å². The molecule has 0 amide bonds. The smallest absolute Gasteiger partial charge is 0.00550 e. The maximum absolute atomic E-state index is 3.66. The third-order valence-corrected chi connectivity index (χ3v) is 4.86. The summed E-state index contributed by atoms with van der Waals surface area (Å²) in [5.74, 6) is 0. The van der Waals surface area contributed by atoms with E-state index in [4.69, 9.17) is 0 Å². The minimum absolute atomic E-state index is 0.236. The molecule has 0 spiro atoms. The average Bonchev–Trinajstić information content (AvgIpc) is 2.03. The van der Waals surface area contributed by atoms with E-state index in [9.17, 15) is 0 Å². The van der Waals surface area contributed by atoms with E-state index in [-0.39, 0.29) is 7.92 Å². The van der Waals surface area contributed by atoms with Crippen LogP contribution in [-0.2, 0) is 0 Å². The van der Waals surface area contributed by atoms with Gasteiger partial charge in [-0.15, -0.1) is 7.92 Å². The lowest BCUT2D eigenvalue weighted by Crippen LogP contribution is -1.98. The summed E-state index contributed by atoms with van der Waals surface area (Å²) in [4.78, 5) is 0. The number of allylic oxidation sites excluding steroid dienone is 3. The van der Waals surface area contributed by atoms with Crippen molar-refractivity contribution >= 4 is 7.92 Å². The van der Waals surface area contributed by atoms with Crippen molar-refractivity contribution < 1.29 is 0 Å². The summed E-state index contributed by atoms with van der Waals surface area (Å²) in [7, 11) is 0.236. The van der Waals surface area contributed by atoms with Crippen LogP contribution in [0.5, 0.6) is 0 Å². The van der Waals surface area contributed by atoms with E-state index in [1.165, 1.54) is 12.3 Å². The van der Waals surface area contributed by atoms with Gasteiger partial charge in [0.1, 0.15) is 0 Å². The first-order chi connectivity index (χ1) is 5.26. The first-order valence-electron chi connectivity index (χ1n) is 4.29. The molecule has 0 rings (SSSR count). The molecule has 0 heterocycles. The Bertz CT molecular complexity index is 123. The minimum atomic E-state index is 0.236. The third kappa shape index (κ3) is 4.37. The molecular weight excluding hydrogens is 151 g/mol. The molecule has 0 radical (unpaired) electrons. The fraction of sp³-hybridized carbons (Fsp3) is 0.600. The molecule has 0 saturated heterocycles. The van der Waals surface area contributed by atoms with E-state index in [1.54, 1.807) is 0 Å². The summed E-state index contributed by atoms with van der Waals surface area (Å²) in [5.41, 5.74) is 0.762. The van der Waals surface area contributed by atoms with Crippen LogP contribution in [0.4, 0.5) is 0 Å².